The molecule has 0 amide bonds. The quantitative estimate of drug-likeness (QED) is 0.422. The third kappa shape index (κ3) is 1.97. The summed E-state index contributed by atoms with van der Waals surface area (Å²) in [6.07, 6.45) is 0. The highest BCUT2D eigenvalue weighted by Crippen LogP contribution is 2.20. The maximum Gasteiger partial charge on any atom is 0.225 e. The molecule has 1 unspecified atom stereocenters. The van der Waals surface area contributed by atoms with Crippen molar-refractivity contribution in [2.75, 3.05) is 0 Å². The van der Waals surface area contributed by atoms with Crippen molar-refractivity contribution >= 4 is 0 Å². The van der Waals surface area contributed by atoms with Crippen LogP contribution in [0.25, 0.3) is 4.85 Å². The Morgan fingerprint density at radius 1 is 1.38 bits per heavy atom. The Kier molecular flexibility index (Phi) is 2.03. The van der Waals surface area contributed by atoms with E-state index < -0.39 is 0 Å². The van der Waals surface area contributed by atoms with Gasteiger partial charge in [0.05, 0.1) is 0 Å². The lowest BCUT2D eigenvalue weighted by Gasteiger charge is -2.15. The Morgan fingerprint density at radius 3 is 1.75 bits per heavy atom. The van der Waals surface area contributed by atoms with Crippen LogP contribution in [0.15, 0.2) is 0 Å². The van der Waals surface area contributed by atoms with Gasteiger partial charge in [-0.2, -0.15) is 0 Å². The predicted molar refractivity (Wildman–Crippen MR) is 35.5 cm³/mol. The zero-order chi connectivity index (χ0) is 6.78. The van der Waals surface area contributed by atoms with Gasteiger partial charge in [-0.05, 0) is 0 Å². The van der Waals surface area contributed by atoms with Crippen molar-refractivity contribution in [2.24, 2.45) is 5.41 Å². The molecule has 8 heavy (non-hydrogen) atoms. The standard InChI is InChI=1S/C7H13N/c1-6(8-5)7(2,3)4/h6H,1-4H3. The van der Waals surface area contributed by atoms with Crippen LogP contribution in [-0.2, 0) is 0 Å². The van der Waals surface area contributed by atoms with Crippen LogP contribution >= 0.6 is 0 Å². The van der Waals surface area contributed by atoms with Crippen LogP contribution in [-0.4, -0.2) is 6.04 Å². The van der Waals surface area contributed by atoms with Gasteiger partial charge in [-0.25, -0.2) is 6.57 Å². The molecule has 0 bridgehead atoms. The first-order valence-electron chi connectivity index (χ1n) is 2.85. The van der Waals surface area contributed by atoms with Crippen LogP contribution in [0.3, 0.4) is 0 Å². The Labute approximate surface area is 51.5 Å². The fourth-order valence-electron chi connectivity index (χ4n) is 0.194. The summed E-state index contributed by atoms with van der Waals surface area (Å²) in [6, 6.07) is 0.141. The van der Waals surface area contributed by atoms with Crippen molar-refractivity contribution in [1.29, 1.82) is 0 Å². The monoisotopic (exact) mass is 111 g/mol. The molecule has 0 saturated carbocycles. The molecule has 0 aliphatic heterocycles. The van der Waals surface area contributed by atoms with Gasteiger partial charge in [0.25, 0.3) is 0 Å². The third-order valence-corrected chi connectivity index (χ3v) is 1.45. The molecule has 0 fully saturated rings. The summed E-state index contributed by atoms with van der Waals surface area (Å²) in [6.45, 7) is 14.9. The first kappa shape index (κ1) is 7.49. The molecule has 0 heterocycles. The second kappa shape index (κ2) is 2.17. The van der Waals surface area contributed by atoms with Gasteiger partial charge in [0.1, 0.15) is 0 Å². The summed E-state index contributed by atoms with van der Waals surface area (Å²) in [5.74, 6) is 0. The van der Waals surface area contributed by atoms with E-state index in [9.17, 15) is 0 Å². The van der Waals surface area contributed by atoms with Crippen molar-refractivity contribution in [3.05, 3.63) is 11.4 Å². The van der Waals surface area contributed by atoms with Gasteiger partial charge in [-0.15, -0.1) is 0 Å². The molecule has 0 rings (SSSR count). The Balaban J connectivity index is 3.87. The lowest BCUT2D eigenvalue weighted by atomic mass is 9.89. The van der Waals surface area contributed by atoms with Crippen molar-refractivity contribution in [1.82, 2.24) is 0 Å². The maximum absolute atomic E-state index is 6.69. The zero-order valence-electron chi connectivity index (χ0n) is 6.02. The minimum atomic E-state index is 0.141. The van der Waals surface area contributed by atoms with Crippen LogP contribution in [0, 0.1) is 12.0 Å². The normalized spacial score (nSPS) is 14.9. The summed E-state index contributed by atoms with van der Waals surface area (Å²) in [5, 5.41) is 0. The van der Waals surface area contributed by atoms with Crippen molar-refractivity contribution in [2.45, 2.75) is 33.7 Å². The third-order valence-electron chi connectivity index (χ3n) is 1.45. The van der Waals surface area contributed by atoms with E-state index in [1.165, 1.54) is 0 Å². The molecule has 1 atom stereocenters. The van der Waals surface area contributed by atoms with E-state index in [1.54, 1.807) is 0 Å². The molecule has 0 aliphatic carbocycles. The highest BCUT2D eigenvalue weighted by molar-refractivity contribution is 4.84. The largest absolute Gasteiger partial charge is 0.313 e. The fourth-order valence-corrected chi connectivity index (χ4v) is 0.194. The number of nitrogens with zero attached hydrogens (tertiary/aromatic N) is 1. The van der Waals surface area contributed by atoms with Gasteiger partial charge in [0, 0.05) is 12.3 Å². The van der Waals surface area contributed by atoms with E-state index in [0.717, 1.165) is 0 Å². The van der Waals surface area contributed by atoms with Crippen LogP contribution in [0.5, 0.6) is 0 Å². The average molecular weight is 111 g/mol. The smallest absolute Gasteiger partial charge is 0.225 e. The highest BCUT2D eigenvalue weighted by Gasteiger charge is 2.23. The predicted octanol–water partition coefficient (Wildman–Crippen LogP) is 2.34. The average Bonchev–Trinajstić information content (AvgIpc) is 1.62. The second-order valence-corrected chi connectivity index (χ2v) is 3.17. The summed E-state index contributed by atoms with van der Waals surface area (Å²) in [4.78, 5) is 3.41. The summed E-state index contributed by atoms with van der Waals surface area (Å²) < 4.78 is 0. The molecule has 1 heteroatoms. The minimum Gasteiger partial charge on any atom is -0.313 e. The summed E-state index contributed by atoms with van der Waals surface area (Å²) in [5.41, 5.74) is 0.155. The molecule has 1 nitrogen and oxygen atoms in total. The van der Waals surface area contributed by atoms with Gasteiger partial charge in [0.2, 0.25) is 6.04 Å². The number of rotatable bonds is 0. The fraction of sp³-hybridized carbons (Fsp3) is 0.857. The topological polar surface area (TPSA) is 4.36 Å². The molecule has 0 spiro atoms. The molecule has 0 aromatic rings. The van der Waals surface area contributed by atoms with E-state index in [-0.39, 0.29) is 11.5 Å². The molecular formula is C7H13N. The molecule has 46 valence electrons. The molecule has 0 radical (unpaired) electrons. The van der Waals surface area contributed by atoms with Gasteiger partial charge >= 0.3 is 0 Å². The Hall–Kier alpha value is -0.510. The molecule has 0 N–H and O–H groups in total. The molecule has 0 aromatic carbocycles. The van der Waals surface area contributed by atoms with Crippen molar-refractivity contribution < 1.29 is 0 Å². The molecule has 0 saturated heterocycles. The maximum atomic E-state index is 6.69. The number of hydrogen-bond donors (Lipinski definition) is 0. The first-order chi connectivity index (χ1) is 3.48. The lowest BCUT2D eigenvalue weighted by Crippen LogP contribution is -2.18. The molecule has 0 aromatic heterocycles. The van der Waals surface area contributed by atoms with E-state index in [0.29, 0.717) is 0 Å². The molecule has 0 aliphatic rings. The van der Waals surface area contributed by atoms with E-state index in [4.69, 9.17) is 6.57 Å². The van der Waals surface area contributed by atoms with E-state index in [2.05, 4.69) is 25.6 Å². The molecular weight excluding hydrogens is 98.1 g/mol. The number of hydrogen-bond acceptors (Lipinski definition) is 0. The van der Waals surface area contributed by atoms with Gasteiger partial charge < -0.3 is 4.85 Å². The van der Waals surface area contributed by atoms with Crippen LogP contribution in [0.2, 0.25) is 0 Å². The van der Waals surface area contributed by atoms with Crippen LogP contribution in [0.4, 0.5) is 0 Å². The zero-order valence-corrected chi connectivity index (χ0v) is 6.02. The SMILES string of the molecule is [C-]#[N+]C(C)C(C)(C)C. The van der Waals surface area contributed by atoms with Crippen molar-refractivity contribution in [3.8, 4) is 0 Å². The van der Waals surface area contributed by atoms with Gasteiger partial charge in [-0.1, -0.05) is 20.8 Å². The lowest BCUT2D eigenvalue weighted by molar-refractivity contribution is 0.375. The summed E-state index contributed by atoms with van der Waals surface area (Å²) >= 11 is 0. The Morgan fingerprint density at radius 2 is 1.75 bits per heavy atom. The van der Waals surface area contributed by atoms with Gasteiger partial charge in [0.15, 0.2) is 0 Å². The van der Waals surface area contributed by atoms with Crippen LogP contribution in [0.1, 0.15) is 27.7 Å². The van der Waals surface area contributed by atoms with Crippen molar-refractivity contribution in [3.63, 3.8) is 0 Å². The highest BCUT2D eigenvalue weighted by atomic mass is 14.7. The first-order valence-corrected chi connectivity index (χ1v) is 2.85. The van der Waals surface area contributed by atoms with Gasteiger partial charge in [-0.3, -0.25) is 0 Å². The Bertz CT molecular complexity index is 103. The van der Waals surface area contributed by atoms with E-state index in [1.807, 2.05) is 6.92 Å². The second-order valence-electron chi connectivity index (χ2n) is 3.17. The van der Waals surface area contributed by atoms with E-state index >= 15 is 0 Å². The van der Waals surface area contributed by atoms with Crippen LogP contribution < -0.4 is 0 Å². The summed E-state index contributed by atoms with van der Waals surface area (Å²) in [7, 11) is 0. The minimum absolute atomic E-state index is 0.141.